The van der Waals surface area contributed by atoms with Gasteiger partial charge in [-0.25, -0.2) is 0 Å². The second-order valence-electron chi connectivity index (χ2n) is 5.95. The highest BCUT2D eigenvalue weighted by Crippen LogP contribution is 2.32. The van der Waals surface area contributed by atoms with E-state index in [0.717, 1.165) is 29.6 Å². The normalized spacial score (nSPS) is 10.6. The number of hydrogen-bond acceptors (Lipinski definition) is 2. The zero-order valence-corrected chi connectivity index (χ0v) is 13.9. The molecule has 0 amide bonds. The fourth-order valence-corrected chi connectivity index (χ4v) is 2.63. The third-order valence-corrected chi connectivity index (χ3v) is 3.82. The molecule has 0 saturated carbocycles. The van der Waals surface area contributed by atoms with Gasteiger partial charge in [0.1, 0.15) is 12.0 Å². The molecular weight excluding hydrogens is 284 g/mol. The highest BCUT2D eigenvalue weighted by atomic mass is 16.5. The second kappa shape index (κ2) is 8.33. The summed E-state index contributed by atoms with van der Waals surface area (Å²) in [4.78, 5) is 11.2. The predicted octanol–water partition coefficient (Wildman–Crippen LogP) is 4.97. The molecule has 0 fully saturated rings. The Morgan fingerprint density at radius 3 is 2.52 bits per heavy atom. The Kier molecular flexibility index (Phi) is 6.16. The van der Waals surface area contributed by atoms with E-state index in [1.165, 1.54) is 5.56 Å². The maximum absolute atomic E-state index is 11.2. The number of benzene rings is 2. The van der Waals surface area contributed by atoms with E-state index in [-0.39, 0.29) is 0 Å². The van der Waals surface area contributed by atoms with Crippen LogP contribution in [0.4, 0.5) is 0 Å². The minimum atomic E-state index is 0.296. The average molecular weight is 308 g/mol. The monoisotopic (exact) mass is 308 g/mol. The highest BCUT2D eigenvalue weighted by molar-refractivity contribution is 5.76. The first kappa shape index (κ1) is 17.0. The molecule has 0 saturated heterocycles. The summed E-state index contributed by atoms with van der Waals surface area (Å²) in [5.74, 6) is 1.20. The van der Waals surface area contributed by atoms with Crippen molar-refractivity contribution in [3.8, 4) is 5.75 Å². The van der Waals surface area contributed by atoms with Crippen molar-refractivity contribution < 1.29 is 9.53 Å². The van der Waals surface area contributed by atoms with Crippen LogP contribution >= 0.6 is 0 Å². The molecule has 0 atom stereocenters. The van der Waals surface area contributed by atoms with E-state index in [4.69, 9.17) is 4.74 Å². The Morgan fingerprint density at radius 1 is 1.17 bits per heavy atom. The van der Waals surface area contributed by atoms with Gasteiger partial charge in [0.15, 0.2) is 0 Å². The van der Waals surface area contributed by atoms with Gasteiger partial charge in [-0.15, -0.1) is 6.58 Å². The maximum Gasteiger partial charge on any atom is 0.150 e. The fraction of sp³-hybridized carbons (Fsp3) is 0.286. The van der Waals surface area contributed by atoms with Crippen LogP contribution in [-0.4, -0.2) is 12.9 Å². The van der Waals surface area contributed by atoms with Gasteiger partial charge in [-0.1, -0.05) is 50.3 Å². The van der Waals surface area contributed by atoms with E-state index in [0.29, 0.717) is 24.5 Å². The molecular formula is C21H24O2. The number of allylic oxidation sites excluding steroid dienone is 1. The van der Waals surface area contributed by atoms with Crippen molar-refractivity contribution in [2.45, 2.75) is 32.6 Å². The Morgan fingerprint density at radius 2 is 1.91 bits per heavy atom. The summed E-state index contributed by atoms with van der Waals surface area (Å²) in [6, 6.07) is 14.1. The van der Waals surface area contributed by atoms with Crippen LogP contribution in [0.3, 0.4) is 0 Å². The molecule has 0 N–H and O–H groups in total. The van der Waals surface area contributed by atoms with Gasteiger partial charge in [-0.2, -0.15) is 0 Å². The number of carbonyl (C=O) groups excluding carboxylic acids is 1. The molecule has 2 heteroatoms. The number of aldehydes is 1. The molecule has 0 aliphatic carbocycles. The molecule has 0 spiro atoms. The molecule has 0 heterocycles. The van der Waals surface area contributed by atoms with Gasteiger partial charge in [0.05, 0.1) is 6.61 Å². The van der Waals surface area contributed by atoms with E-state index >= 15 is 0 Å². The van der Waals surface area contributed by atoms with Crippen molar-refractivity contribution in [2.24, 2.45) is 0 Å². The van der Waals surface area contributed by atoms with Crippen molar-refractivity contribution in [2.75, 3.05) is 6.61 Å². The molecule has 0 unspecified atom stereocenters. The van der Waals surface area contributed by atoms with Crippen molar-refractivity contribution in [1.29, 1.82) is 0 Å². The van der Waals surface area contributed by atoms with Crippen LogP contribution in [0.5, 0.6) is 5.75 Å². The topological polar surface area (TPSA) is 26.3 Å². The lowest BCUT2D eigenvalue weighted by atomic mass is 9.95. The molecule has 2 aromatic carbocycles. The zero-order valence-electron chi connectivity index (χ0n) is 13.9. The molecule has 0 bridgehead atoms. The SMILES string of the molecule is C=CCc1cc(C=O)cc(C(C)C)c1OCCc1ccccc1. The first-order valence-corrected chi connectivity index (χ1v) is 8.05. The van der Waals surface area contributed by atoms with Crippen LogP contribution in [0, 0.1) is 0 Å². The number of carbonyl (C=O) groups is 1. The van der Waals surface area contributed by atoms with Crippen LogP contribution < -0.4 is 4.74 Å². The Labute approximate surface area is 138 Å². The minimum Gasteiger partial charge on any atom is -0.493 e. The average Bonchev–Trinajstić information content (AvgIpc) is 2.56. The second-order valence-corrected chi connectivity index (χ2v) is 5.95. The fourth-order valence-electron chi connectivity index (χ4n) is 2.63. The van der Waals surface area contributed by atoms with E-state index in [1.807, 2.05) is 36.4 Å². The molecule has 0 radical (unpaired) electrons. The number of ether oxygens (including phenoxy) is 1. The van der Waals surface area contributed by atoms with E-state index in [2.05, 4.69) is 32.6 Å². The van der Waals surface area contributed by atoms with Crippen molar-refractivity contribution in [1.82, 2.24) is 0 Å². The van der Waals surface area contributed by atoms with Gasteiger partial charge < -0.3 is 4.74 Å². The molecule has 0 aromatic heterocycles. The Hall–Kier alpha value is -2.35. The lowest BCUT2D eigenvalue weighted by Gasteiger charge is -2.18. The molecule has 0 aliphatic rings. The molecule has 2 rings (SSSR count). The van der Waals surface area contributed by atoms with E-state index in [1.54, 1.807) is 0 Å². The summed E-state index contributed by atoms with van der Waals surface area (Å²) in [5, 5.41) is 0. The highest BCUT2D eigenvalue weighted by Gasteiger charge is 2.14. The largest absolute Gasteiger partial charge is 0.493 e. The Balaban J connectivity index is 2.23. The van der Waals surface area contributed by atoms with Gasteiger partial charge in [0.2, 0.25) is 0 Å². The van der Waals surface area contributed by atoms with Crippen LogP contribution in [0.25, 0.3) is 0 Å². The van der Waals surface area contributed by atoms with Crippen molar-refractivity contribution in [3.63, 3.8) is 0 Å². The Bertz CT molecular complexity index is 657. The lowest BCUT2D eigenvalue weighted by Crippen LogP contribution is -2.07. The standard InChI is InChI=1S/C21H24O2/c1-4-8-19-13-18(15-22)14-20(16(2)3)21(19)23-12-11-17-9-6-5-7-10-17/h4-7,9-10,13-16H,1,8,11-12H2,2-3H3. The summed E-state index contributed by atoms with van der Waals surface area (Å²) in [6.07, 6.45) is 4.30. The first-order valence-electron chi connectivity index (χ1n) is 8.05. The van der Waals surface area contributed by atoms with Gasteiger partial charge in [0.25, 0.3) is 0 Å². The van der Waals surface area contributed by atoms with E-state index in [9.17, 15) is 4.79 Å². The predicted molar refractivity (Wildman–Crippen MR) is 95.5 cm³/mol. The van der Waals surface area contributed by atoms with Gasteiger partial charge in [-0.3, -0.25) is 4.79 Å². The first-order chi connectivity index (χ1) is 11.2. The van der Waals surface area contributed by atoms with Crippen molar-refractivity contribution >= 4 is 6.29 Å². The van der Waals surface area contributed by atoms with Gasteiger partial charge >= 0.3 is 0 Å². The summed E-state index contributed by atoms with van der Waals surface area (Å²) in [5.41, 5.74) is 4.07. The van der Waals surface area contributed by atoms with Gasteiger partial charge in [0, 0.05) is 12.0 Å². The van der Waals surface area contributed by atoms with Crippen LogP contribution in [0.15, 0.2) is 55.1 Å². The van der Waals surface area contributed by atoms with Gasteiger partial charge in [-0.05, 0) is 41.2 Å². The van der Waals surface area contributed by atoms with Crippen molar-refractivity contribution in [3.05, 3.63) is 77.4 Å². The zero-order chi connectivity index (χ0) is 16.7. The van der Waals surface area contributed by atoms with Crippen LogP contribution in [0.2, 0.25) is 0 Å². The van der Waals surface area contributed by atoms with E-state index < -0.39 is 0 Å². The third-order valence-electron chi connectivity index (χ3n) is 3.82. The molecule has 23 heavy (non-hydrogen) atoms. The minimum absolute atomic E-state index is 0.296. The lowest BCUT2D eigenvalue weighted by molar-refractivity contribution is 0.112. The van der Waals surface area contributed by atoms with Crippen LogP contribution in [-0.2, 0) is 12.8 Å². The smallest absolute Gasteiger partial charge is 0.150 e. The maximum atomic E-state index is 11.2. The molecule has 120 valence electrons. The number of rotatable bonds is 8. The summed E-state index contributed by atoms with van der Waals surface area (Å²) in [6.45, 7) is 8.66. The number of hydrogen-bond donors (Lipinski definition) is 0. The third kappa shape index (κ3) is 4.56. The molecule has 2 nitrogen and oxygen atoms in total. The molecule has 2 aromatic rings. The summed E-state index contributed by atoms with van der Waals surface area (Å²) < 4.78 is 6.12. The summed E-state index contributed by atoms with van der Waals surface area (Å²) in [7, 11) is 0. The molecule has 0 aliphatic heterocycles. The quantitative estimate of drug-likeness (QED) is 0.508. The summed E-state index contributed by atoms with van der Waals surface area (Å²) >= 11 is 0. The van der Waals surface area contributed by atoms with Crippen LogP contribution in [0.1, 0.15) is 46.8 Å².